The first-order valence-corrected chi connectivity index (χ1v) is 10.3. The number of fused-ring (bicyclic) bond motifs is 2. The maximum atomic E-state index is 15.3. The van der Waals surface area contributed by atoms with E-state index in [9.17, 15) is 4.79 Å². The van der Waals surface area contributed by atoms with Crippen LogP contribution in [0, 0.1) is 12.7 Å². The highest BCUT2D eigenvalue weighted by Gasteiger charge is 2.43. The molecule has 0 atom stereocenters. The third kappa shape index (κ3) is 3.05. The van der Waals surface area contributed by atoms with Gasteiger partial charge in [0.15, 0.2) is 0 Å². The highest BCUT2D eigenvalue weighted by molar-refractivity contribution is 6.42. The van der Waals surface area contributed by atoms with Crippen LogP contribution in [0.2, 0.25) is 5.02 Å². The number of aromatic nitrogens is 3. The molecule has 1 amide bonds. The number of nitrogens with zero attached hydrogens (tertiary/aromatic N) is 4. The Bertz CT molecular complexity index is 1400. The second-order valence-electron chi connectivity index (χ2n) is 8.03. The molecule has 0 bridgehead atoms. The summed E-state index contributed by atoms with van der Waals surface area (Å²) < 4.78 is 17.0. The van der Waals surface area contributed by atoms with Crippen LogP contribution in [-0.2, 0) is 18.9 Å². The fourth-order valence-electron chi connectivity index (χ4n) is 4.21. The summed E-state index contributed by atoms with van der Waals surface area (Å²) in [5, 5.41) is 3.89. The summed E-state index contributed by atoms with van der Waals surface area (Å²) in [5.74, 6) is -0.981. The van der Waals surface area contributed by atoms with E-state index in [1.807, 2.05) is 32.3 Å². The molecule has 154 valence electrons. The summed E-state index contributed by atoms with van der Waals surface area (Å²) in [6.07, 6.45) is 3.40. The molecule has 5 rings (SSSR count). The largest absolute Gasteiger partial charge is 0.340 e. The molecule has 0 unspecified atom stereocenters. The van der Waals surface area contributed by atoms with Crippen molar-refractivity contribution in [3.63, 3.8) is 0 Å². The van der Waals surface area contributed by atoms with Crippen molar-refractivity contribution in [3.05, 3.63) is 82.0 Å². The zero-order valence-electron chi connectivity index (χ0n) is 17.4. The van der Waals surface area contributed by atoms with Crippen LogP contribution in [0.4, 0.5) is 4.39 Å². The van der Waals surface area contributed by atoms with E-state index in [-0.39, 0.29) is 22.8 Å². The summed E-state index contributed by atoms with van der Waals surface area (Å²) in [5.41, 5.74) is 3.96. The van der Waals surface area contributed by atoms with Crippen molar-refractivity contribution in [2.45, 2.75) is 18.8 Å². The summed E-state index contributed by atoms with van der Waals surface area (Å²) >= 11 is 6.51. The van der Waals surface area contributed by atoms with Gasteiger partial charge in [0, 0.05) is 47.3 Å². The van der Waals surface area contributed by atoms with E-state index in [2.05, 4.69) is 10.1 Å². The van der Waals surface area contributed by atoms with Gasteiger partial charge < -0.3 is 4.90 Å². The number of halogens is 2. The lowest BCUT2D eigenvalue weighted by Gasteiger charge is -2.33. The van der Waals surface area contributed by atoms with Crippen LogP contribution in [0.5, 0.6) is 0 Å². The Morgan fingerprint density at radius 3 is 2.69 bits per heavy atom. The Balaban J connectivity index is 1.55. The number of hydrogen-bond donors (Lipinski definition) is 0. The lowest BCUT2D eigenvalue weighted by atomic mass is 9.59. The number of amides is 1. The van der Waals surface area contributed by atoms with Gasteiger partial charge in [-0.1, -0.05) is 23.7 Å². The summed E-state index contributed by atoms with van der Waals surface area (Å²) in [6.45, 7) is 1.78. The first-order chi connectivity index (χ1) is 15.2. The average Bonchev–Trinajstić information content (AvgIpc) is 3.22. The molecule has 1 aliphatic rings. The van der Waals surface area contributed by atoms with Gasteiger partial charge in [-0.15, -0.1) is 0 Å². The van der Waals surface area contributed by atoms with Crippen LogP contribution in [0.25, 0.3) is 22.0 Å². The second kappa shape index (κ2) is 7.20. The van der Waals surface area contributed by atoms with Crippen molar-refractivity contribution in [3.8, 4) is 11.1 Å². The molecule has 2 aromatic carbocycles. The van der Waals surface area contributed by atoms with Crippen molar-refractivity contribution >= 4 is 44.1 Å². The van der Waals surface area contributed by atoms with E-state index in [1.54, 1.807) is 22.9 Å². The summed E-state index contributed by atoms with van der Waals surface area (Å²) in [6, 6.07) is 10.2. The van der Waals surface area contributed by atoms with E-state index in [1.165, 1.54) is 17.2 Å². The standard InChI is InChI=1S/C23H16B2ClFN4O/c1-12-5-6-14(16-10-30(2)29-20(12)16)13-8-18(26)17(19(27)9-13)11-31-22(32)15-4-3-7-28-21(15)23(31,24)25/h3-10H,11H2,1-2H3. The smallest absolute Gasteiger partial charge is 0.255 e. The highest BCUT2D eigenvalue weighted by atomic mass is 35.5. The van der Waals surface area contributed by atoms with Gasteiger partial charge in [-0.25, -0.2) is 4.39 Å². The fraction of sp³-hybridized carbons (Fsp3) is 0.174. The number of hydrogen-bond acceptors (Lipinski definition) is 3. The van der Waals surface area contributed by atoms with Crippen LogP contribution in [-0.4, -0.2) is 41.3 Å². The first-order valence-electron chi connectivity index (χ1n) is 9.95. The Labute approximate surface area is 192 Å². The maximum absolute atomic E-state index is 15.3. The van der Waals surface area contributed by atoms with Crippen molar-refractivity contribution in [1.29, 1.82) is 0 Å². The minimum atomic E-state index is -1.67. The minimum absolute atomic E-state index is 0.131. The molecule has 9 heteroatoms. The van der Waals surface area contributed by atoms with Crippen LogP contribution >= 0.6 is 11.6 Å². The van der Waals surface area contributed by atoms with Gasteiger partial charge in [-0.2, -0.15) is 5.10 Å². The van der Waals surface area contributed by atoms with E-state index in [0.29, 0.717) is 11.1 Å². The maximum Gasteiger partial charge on any atom is 0.255 e. The molecular weight excluding hydrogens is 424 g/mol. The Morgan fingerprint density at radius 1 is 1.19 bits per heavy atom. The lowest BCUT2D eigenvalue weighted by Crippen LogP contribution is -2.44. The Morgan fingerprint density at radius 2 is 1.97 bits per heavy atom. The number of rotatable bonds is 3. The van der Waals surface area contributed by atoms with Gasteiger partial charge in [0.05, 0.1) is 32.5 Å². The molecule has 4 radical (unpaired) electrons. The molecule has 0 fully saturated rings. The highest BCUT2D eigenvalue weighted by Crippen LogP contribution is 2.38. The third-order valence-electron chi connectivity index (χ3n) is 5.87. The number of carbonyl (C=O) groups is 1. The van der Waals surface area contributed by atoms with E-state index >= 15 is 4.39 Å². The van der Waals surface area contributed by atoms with Crippen molar-refractivity contribution in [1.82, 2.24) is 19.7 Å². The van der Waals surface area contributed by atoms with Crippen molar-refractivity contribution in [2.75, 3.05) is 0 Å². The summed E-state index contributed by atoms with van der Waals surface area (Å²) in [4.78, 5) is 18.2. The van der Waals surface area contributed by atoms with E-state index in [4.69, 9.17) is 27.3 Å². The zero-order valence-corrected chi connectivity index (χ0v) is 18.2. The molecule has 5 nitrogen and oxygen atoms in total. The van der Waals surface area contributed by atoms with Crippen molar-refractivity contribution < 1.29 is 9.18 Å². The number of carbonyl (C=O) groups excluding carboxylic acids is 1. The van der Waals surface area contributed by atoms with Gasteiger partial charge >= 0.3 is 0 Å². The van der Waals surface area contributed by atoms with Gasteiger partial charge in [0.1, 0.15) is 5.82 Å². The molecule has 2 aromatic heterocycles. The van der Waals surface area contributed by atoms with Crippen LogP contribution < -0.4 is 0 Å². The van der Waals surface area contributed by atoms with Gasteiger partial charge in [0.25, 0.3) is 5.91 Å². The minimum Gasteiger partial charge on any atom is -0.340 e. The topological polar surface area (TPSA) is 51.0 Å². The molecule has 0 aliphatic carbocycles. The molecule has 0 spiro atoms. The number of pyridine rings is 1. The average molecular weight is 440 g/mol. The number of benzene rings is 2. The fourth-order valence-corrected chi connectivity index (χ4v) is 4.48. The molecule has 0 N–H and O–H groups in total. The predicted octanol–water partition coefficient (Wildman–Crippen LogP) is 3.84. The molecular formula is C23H16B2ClFN4O. The Kier molecular flexibility index (Phi) is 4.67. The molecule has 32 heavy (non-hydrogen) atoms. The molecule has 3 heterocycles. The zero-order chi connectivity index (χ0) is 22.8. The monoisotopic (exact) mass is 440 g/mol. The summed E-state index contributed by atoms with van der Waals surface area (Å²) in [7, 11) is 14.3. The van der Waals surface area contributed by atoms with E-state index in [0.717, 1.165) is 22.0 Å². The normalized spacial score (nSPS) is 14.9. The van der Waals surface area contributed by atoms with Gasteiger partial charge in [0.2, 0.25) is 0 Å². The van der Waals surface area contributed by atoms with Gasteiger partial charge in [-0.3, -0.25) is 14.5 Å². The van der Waals surface area contributed by atoms with Crippen LogP contribution in [0.15, 0.2) is 48.8 Å². The first kappa shape index (κ1) is 20.8. The van der Waals surface area contributed by atoms with Crippen LogP contribution in [0.3, 0.4) is 0 Å². The number of aryl methyl sites for hydroxylation is 2. The quantitative estimate of drug-likeness (QED) is 0.455. The third-order valence-corrected chi connectivity index (χ3v) is 6.21. The van der Waals surface area contributed by atoms with Crippen LogP contribution in [0.1, 0.15) is 27.2 Å². The van der Waals surface area contributed by atoms with Crippen molar-refractivity contribution in [2.24, 2.45) is 7.05 Å². The van der Waals surface area contributed by atoms with E-state index < -0.39 is 17.1 Å². The molecule has 4 aromatic rings. The Hall–Kier alpha value is -3.12. The lowest BCUT2D eigenvalue weighted by molar-refractivity contribution is 0.0729. The predicted molar refractivity (Wildman–Crippen MR) is 123 cm³/mol. The SMILES string of the molecule is [B]C1([B])c2ncccc2C(=O)N1Cc1c(F)cc(-c2ccc(C)c3nn(C)cc23)cc1Cl. The molecule has 0 saturated heterocycles. The molecule has 0 saturated carbocycles. The second-order valence-corrected chi connectivity index (χ2v) is 8.44. The van der Waals surface area contributed by atoms with Gasteiger partial charge in [-0.05, 0) is 47.9 Å². The molecule has 1 aliphatic heterocycles.